The Morgan fingerprint density at radius 1 is 1.08 bits per heavy atom. The highest BCUT2D eigenvalue weighted by Gasteiger charge is 2.13. The predicted molar refractivity (Wildman–Crippen MR) is 103 cm³/mol. The number of nitrogens with zero attached hydrogens (tertiary/aromatic N) is 1. The molecule has 26 heavy (non-hydrogen) atoms. The van der Waals surface area contributed by atoms with E-state index < -0.39 is 0 Å². The van der Waals surface area contributed by atoms with Crippen LogP contribution in [-0.4, -0.2) is 37.6 Å². The zero-order valence-electron chi connectivity index (χ0n) is 15.6. The minimum absolute atomic E-state index is 0.0256. The number of carbonyl (C=O) groups is 1. The van der Waals surface area contributed by atoms with Crippen LogP contribution in [0.4, 0.5) is 5.69 Å². The average Bonchev–Trinajstić information content (AvgIpc) is 2.61. The fraction of sp³-hybridized carbons (Fsp3) is 0.381. The molecule has 1 aliphatic rings. The number of hydrogen-bond acceptors (Lipinski definition) is 4. The second kappa shape index (κ2) is 8.23. The van der Waals surface area contributed by atoms with Gasteiger partial charge in [0, 0.05) is 12.2 Å². The van der Waals surface area contributed by atoms with Gasteiger partial charge in [-0.25, -0.2) is 0 Å². The summed E-state index contributed by atoms with van der Waals surface area (Å²) < 4.78 is 11.1. The standard InChI is InChI=1S/C21H26N2O3/c1-15(2)17-5-7-18(8-6-17)22-21(24)14-23(3)13-16-4-9-19-20(12-16)26-11-10-25-19/h4-9,12,15H,10-11,13-14H2,1-3H3,(H,22,24). The molecule has 0 bridgehead atoms. The van der Waals surface area contributed by atoms with Gasteiger partial charge >= 0.3 is 0 Å². The monoisotopic (exact) mass is 354 g/mol. The average molecular weight is 354 g/mol. The van der Waals surface area contributed by atoms with E-state index in [0.717, 1.165) is 22.7 Å². The minimum Gasteiger partial charge on any atom is -0.486 e. The molecule has 138 valence electrons. The van der Waals surface area contributed by atoms with Crippen LogP contribution in [0.15, 0.2) is 42.5 Å². The van der Waals surface area contributed by atoms with Crippen molar-refractivity contribution in [1.82, 2.24) is 4.90 Å². The molecular formula is C21H26N2O3. The van der Waals surface area contributed by atoms with Crippen molar-refractivity contribution in [3.8, 4) is 11.5 Å². The Balaban J connectivity index is 1.52. The SMILES string of the molecule is CC(C)c1ccc(NC(=O)CN(C)Cc2ccc3c(c2)OCCO3)cc1. The maximum absolute atomic E-state index is 12.3. The van der Waals surface area contributed by atoms with Gasteiger partial charge in [-0.3, -0.25) is 9.69 Å². The van der Waals surface area contributed by atoms with Crippen LogP contribution in [0.2, 0.25) is 0 Å². The van der Waals surface area contributed by atoms with Gasteiger partial charge in [-0.1, -0.05) is 32.0 Å². The molecule has 5 heteroatoms. The van der Waals surface area contributed by atoms with Crippen molar-refractivity contribution in [1.29, 1.82) is 0 Å². The van der Waals surface area contributed by atoms with E-state index in [1.807, 2.05) is 42.3 Å². The molecule has 1 N–H and O–H groups in total. The van der Waals surface area contributed by atoms with Crippen molar-refractivity contribution >= 4 is 11.6 Å². The second-order valence-electron chi connectivity index (χ2n) is 6.98. The van der Waals surface area contributed by atoms with Gasteiger partial charge in [0.15, 0.2) is 11.5 Å². The van der Waals surface area contributed by atoms with E-state index in [1.54, 1.807) is 0 Å². The first-order valence-corrected chi connectivity index (χ1v) is 8.98. The van der Waals surface area contributed by atoms with Gasteiger partial charge in [-0.15, -0.1) is 0 Å². The molecule has 0 saturated heterocycles. The number of fused-ring (bicyclic) bond motifs is 1. The lowest BCUT2D eigenvalue weighted by atomic mass is 10.0. The Bertz CT molecular complexity index is 756. The van der Waals surface area contributed by atoms with E-state index in [9.17, 15) is 4.79 Å². The van der Waals surface area contributed by atoms with E-state index in [4.69, 9.17) is 9.47 Å². The van der Waals surface area contributed by atoms with Crippen LogP contribution >= 0.6 is 0 Å². The minimum atomic E-state index is -0.0256. The number of rotatable bonds is 6. The van der Waals surface area contributed by atoms with E-state index >= 15 is 0 Å². The Kier molecular flexibility index (Phi) is 5.78. The van der Waals surface area contributed by atoms with Crippen molar-refractivity contribution in [2.45, 2.75) is 26.3 Å². The lowest BCUT2D eigenvalue weighted by molar-refractivity contribution is -0.117. The molecule has 0 atom stereocenters. The number of hydrogen-bond donors (Lipinski definition) is 1. The first kappa shape index (κ1) is 18.3. The lowest BCUT2D eigenvalue weighted by Gasteiger charge is -2.21. The van der Waals surface area contributed by atoms with Gasteiger partial charge in [0.25, 0.3) is 0 Å². The number of anilines is 1. The number of ether oxygens (including phenoxy) is 2. The third-order valence-electron chi connectivity index (χ3n) is 4.33. The van der Waals surface area contributed by atoms with Crippen LogP contribution in [0.3, 0.4) is 0 Å². The third-order valence-corrected chi connectivity index (χ3v) is 4.33. The van der Waals surface area contributed by atoms with Crippen LogP contribution in [-0.2, 0) is 11.3 Å². The molecule has 0 saturated carbocycles. The van der Waals surface area contributed by atoms with Crippen LogP contribution < -0.4 is 14.8 Å². The molecule has 5 nitrogen and oxygen atoms in total. The lowest BCUT2D eigenvalue weighted by Crippen LogP contribution is -2.29. The number of amides is 1. The Morgan fingerprint density at radius 2 is 1.77 bits per heavy atom. The highest BCUT2D eigenvalue weighted by Crippen LogP contribution is 2.31. The van der Waals surface area contributed by atoms with Crippen molar-refractivity contribution in [2.24, 2.45) is 0 Å². The van der Waals surface area contributed by atoms with Gasteiger partial charge in [-0.2, -0.15) is 0 Å². The fourth-order valence-corrected chi connectivity index (χ4v) is 2.95. The zero-order chi connectivity index (χ0) is 18.5. The van der Waals surface area contributed by atoms with Crippen molar-refractivity contribution in [2.75, 3.05) is 32.1 Å². The molecule has 0 unspecified atom stereocenters. The fourth-order valence-electron chi connectivity index (χ4n) is 2.95. The first-order chi connectivity index (χ1) is 12.5. The summed E-state index contributed by atoms with van der Waals surface area (Å²) in [7, 11) is 1.93. The molecule has 2 aromatic carbocycles. The summed E-state index contributed by atoms with van der Waals surface area (Å²) in [5, 5.41) is 2.95. The topological polar surface area (TPSA) is 50.8 Å². The largest absolute Gasteiger partial charge is 0.486 e. The van der Waals surface area contributed by atoms with Crippen molar-refractivity contribution in [3.63, 3.8) is 0 Å². The molecule has 3 rings (SSSR count). The number of likely N-dealkylation sites (N-methyl/N-ethyl adjacent to an activating group) is 1. The Hall–Kier alpha value is -2.53. The summed E-state index contributed by atoms with van der Waals surface area (Å²) in [6.45, 7) is 6.45. The number of benzene rings is 2. The number of nitrogens with one attached hydrogen (secondary N) is 1. The summed E-state index contributed by atoms with van der Waals surface area (Å²) in [5.74, 6) is 2.02. The van der Waals surface area contributed by atoms with Crippen LogP contribution in [0.5, 0.6) is 11.5 Å². The molecule has 0 radical (unpaired) electrons. The van der Waals surface area contributed by atoms with E-state index in [1.165, 1.54) is 5.56 Å². The van der Waals surface area contributed by atoms with E-state index in [2.05, 4.69) is 31.3 Å². The van der Waals surface area contributed by atoms with Crippen LogP contribution in [0.1, 0.15) is 30.9 Å². The normalized spacial score (nSPS) is 13.1. The van der Waals surface area contributed by atoms with Crippen molar-refractivity contribution in [3.05, 3.63) is 53.6 Å². The molecule has 1 aliphatic heterocycles. The second-order valence-corrected chi connectivity index (χ2v) is 6.98. The molecule has 1 heterocycles. The summed E-state index contributed by atoms with van der Waals surface area (Å²) in [6.07, 6.45) is 0. The van der Waals surface area contributed by atoms with Crippen LogP contribution in [0.25, 0.3) is 0 Å². The summed E-state index contributed by atoms with van der Waals surface area (Å²) in [6, 6.07) is 13.9. The van der Waals surface area contributed by atoms with E-state index in [0.29, 0.717) is 32.2 Å². The van der Waals surface area contributed by atoms with Gasteiger partial charge in [0.05, 0.1) is 6.54 Å². The molecule has 0 aliphatic carbocycles. The van der Waals surface area contributed by atoms with Crippen molar-refractivity contribution < 1.29 is 14.3 Å². The maximum atomic E-state index is 12.3. The summed E-state index contributed by atoms with van der Waals surface area (Å²) in [4.78, 5) is 14.2. The van der Waals surface area contributed by atoms with Gasteiger partial charge in [0.1, 0.15) is 13.2 Å². The van der Waals surface area contributed by atoms with Gasteiger partial charge in [0.2, 0.25) is 5.91 Å². The third kappa shape index (κ3) is 4.76. The van der Waals surface area contributed by atoms with E-state index in [-0.39, 0.29) is 5.91 Å². The quantitative estimate of drug-likeness (QED) is 0.860. The highest BCUT2D eigenvalue weighted by molar-refractivity contribution is 5.92. The van der Waals surface area contributed by atoms with Gasteiger partial charge in [-0.05, 0) is 48.4 Å². The number of carbonyl (C=O) groups excluding carboxylic acids is 1. The molecule has 0 spiro atoms. The smallest absolute Gasteiger partial charge is 0.238 e. The highest BCUT2D eigenvalue weighted by atomic mass is 16.6. The molecule has 2 aromatic rings. The molecular weight excluding hydrogens is 328 g/mol. The first-order valence-electron chi connectivity index (χ1n) is 8.98. The maximum Gasteiger partial charge on any atom is 0.238 e. The predicted octanol–water partition coefficient (Wildman–Crippen LogP) is 3.65. The summed E-state index contributed by atoms with van der Waals surface area (Å²) in [5.41, 5.74) is 3.18. The molecule has 0 fully saturated rings. The van der Waals surface area contributed by atoms with Crippen LogP contribution in [0, 0.1) is 0 Å². The van der Waals surface area contributed by atoms with Gasteiger partial charge < -0.3 is 14.8 Å². The molecule has 1 amide bonds. The Labute approximate surface area is 154 Å². The zero-order valence-corrected chi connectivity index (χ0v) is 15.6. The molecule has 0 aromatic heterocycles. The Morgan fingerprint density at radius 3 is 2.46 bits per heavy atom. The summed E-state index contributed by atoms with van der Waals surface area (Å²) >= 11 is 0.